The van der Waals surface area contributed by atoms with Crippen molar-refractivity contribution in [3.8, 4) is 0 Å². The summed E-state index contributed by atoms with van der Waals surface area (Å²) >= 11 is 0. The van der Waals surface area contributed by atoms with Crippen LogP contribution >= 0.6 is 0 Å². The van der Waals surface area contributed by atoms with Crippen LogP contribution in [0.5, 0.6) is 0 Å². The van der Waals surface area contributed by atoms with Crippen molar-refractivity contribution in [1.82, 2.24) is 25.1 Å². The molecule has 0 amide bonds. The summed E-state index contributed by atoms with van der Waals surface area (Å²) in [5.41, 5.74) is 0.798. The van der Waals surface area contributed by atoms with Gasteiger partial charge in [0.15, 0.2) is 11.5 Å². The molecular formula is C10H14N6. The second-order valence-electron chi connectivity index (χ2n) is 4.10. The quantitative estimate of drug-likeness (QED) is 0.759. The number of likely N-dealkylation sites (N-methyl/N-ethyl adjacent to an activating group) is 1. The van der Waals surface area contributed by atoms with E-state index in [0.29, 0.717) is 6.04 Å². The maximum absolute atomic E-state index is 4.52. The normalized spacial score (nSPS) is 16.8. The lowest BCUT2D eigenvalue weighted by Gasteiger charge is -2.39. The molecule has 1 fully saturated rings. The van der Waals surface area contributed by atoms with E-state index in [1.54, 1.807) is 4.52 Å². The third kappa shape index (κ3) is 1.34. The lowest BCUT2D eigenvalue weighted by atomic mass is 10.1. The summed E-state index contributed by atoms with van der Waals surface area (Å²) in [5.74, 6) is 1.81. The van der Waals surface area contributed by atoms with E-state index in [4.69, 9.17) is 0 Å². The fourth-order valence-electron chi connectivity index (χ4n) is 1.90. The van der Waals surface area contributed by atoms with Crippen molar-refractivity contribution < 1.29 is 0 Å². The average molecular weight is 218 g/mol. The highest BCUT2D eigenvalue weighted by Gasteiger charge is 2.26. The predicted octanol–water partition coefficient (Wildman–Crippen LogP) is -0.159. The molecule has 84 valence electrons. The first-order valence-corrected chi connectivity index (χ1v) is 5.39. The molecule has 16 heavy (non-hydrogen) atoms. The van der Waals surface area contributed by atoms with E-state index in [2.05, 4.69) is 25.5 Å². The van der Waals surface area contributed by atoms with E-state index in [-0.39, 0.29) is 0 Å². The van der Waals surface area contributed by atoms with Gasteiger partial charge >= 0.3 is 0 Å². The lowest BCUT2D eigenvalue weighted by molar-refractivity contribution is 0.445. The molecule has 0 radical (unpaired) electrons. The number of anilines is 1. The Labute approximate surface area is 93.3 Å². The lowest BCUT2D eigenvalue weighted by Crippen LogP contribution is -2.57. The van der Waals surface area contributed by atoms with Gasteiger partial charge in [-0.2, -0.15) is 4.52 Å². The Morgan fingerprint density at radius 1 is 1.31 bits per heavy atom. The van der Waals surface area contributed by atoms with Crippen LogP contribution in [-0.4, -0.2) is 46.0 Å². The Morgan fingerprint density at radius 3 is 2.88 bits per heavy atom. The highest BCUT2D eigenvalue weighted by molar-refractivity contribution is 5.47. The maximum atomic E-state index is 4.52. The van der Waals surface area contributed by atoms with Crippen LogP contribution in [0.2, 0.25) is 0 Å². The highest BCUT2D eigenvalue weighted by atomic mass is 15.4. The highest BCUT2D eigenvalue weighted by Crippen LogP contribution is 2.18. The molecule has 3 rings (SSSR count). The zero-order chi connectivity index (χ0) is 11.1. The molecule has 6 nitrogen and oxygen atoms in total. The van der Waals surface area contributed by atoms with Crippen LogP contribution in [0.3, 0.4) is 0 Å². The zero-order valence-electron chi connectivity index (χ0n) is 9.38. The van der Waals surface area contributed by atoms with Crippen LogP contribution < -0.4 is 10.2 Å². The van der Waals surface area contributed by atoms with E-state index in [1.807, 2.05) is 26.1 Å². The van der Waals surface area contributed by atoms with Crippen LogP contribution in [0.4, 0.5) is 5.82 Å². The van der Waals surface area contributed by atoms with Crippen LogP contribution in [0.25, 0.3) is 5.65 Å². The molecule has 1 aliphatic heterocycles. The van der Waals surface area contributed by atoms with Gasteiger partial charge in [0.05, 0.1) is 0 Å². The van der Waals surface area contributed by atoms with Gasteiger partial charge in [0.1, 0.15) is 5.82 Å². The molecule has 1 saturated heterocycles. The fourth-order valence-corrected chi connectivity index (χ4v) is 1.90. The number of fused-ring (bicyclic) bond motifs is 1. The monoisotopic (exact) mass is 218 g/mol. The standard InChI is InChI=1S/C10H14N6/c1-7-12-13-9-3-4-10(14-16(7)9)15-5-8(6-15)11-2/h3-4,8,11H,5-6H2,1-2H3. The molecular weight excluding hydrogens is 204 g/mol. The van der Waals surface area contributed by atoms with Gasteiger partial charge in [0.2, 0.25) is 0 Å². The van der Waals surface area contributed by atoms with Crippen molar-refractivity contribution in [2.75, 3.05) is 25.0 Å². The van der Waals surface area contributed by atoms with Crippen molar-refractivity contribution in [3.63, 3.8) is 0 Å². The molecule has 0 atom stereocenters. The Bertz CT molecular complexity index is 513. The van der Waals surface area contributed by atoms with Crippen molar-refractivity contribution in [2.45, 2.75) is 13.0 Å². The molecule has 0 aliphatic carbocycles. The molecule has 0 saturated carbocycles. The van der Waals surface area contributed by atoms with E-state index < -0.39 is 0 Å². The topological polar surface area (TPSA) is 58.3 Å². The summed E-state index contributed by atoms with van der Waals surface area (Å²) in [6.07, 6.45) is 0. The van der Waals surface area contributed by atoms with Gasteiger partial charge in [-0.25, -0.2) is 0 Å². The maximum Gasteiger partial charge on any atom is 0.178 e. The summed E-state index contributed by atoms with van der Waals surface area (Å²) in [5, 5.41) is 15.8. The smallest absolute Gasteiger partial charge is 0.178 e. The number of nitrogens with zero attached hydrogens (tertiary/aromatic N) is 5. The largest absolute Gasteiger partial charge is 0.352 e. The third-order valence-corrected chi connectivity index (χ3v) is 3.02. The minimum Gasteiger partial charge on any atom is -0.352 e. The number of nitrogens with one attached hydrogen (secondary N) is 1. The average Bonchev–Trinajstić information content (AvgIpc) is 2.59. The molecule has 2 aromatic heterocycles. The van der Waals surface area contributed by atoms with Crippen molar-refractivity contribution in [1.29, 1.82) is 0 Å². The molecule has 1 N–H and O–H groups in total. The zero-order valence-corrected chi connectivity index (χ0v) is 9.38. The molecule has 2 aromatic rings. The Morgan fingerprint density at radius 2 is 2.12 bits per heavy atom. The van der Waals surface area contributed by atoms with Gasteiger partial charge in [0.25, 0.3) is 0 Å². The Hall–Kier alpha value is -1.69. The second kappa shape index (κ2) is 3.41. The number of hydrogen-bond acceptors (Lipinski definition) is 5. The van der Waals surface area contributed by atoms with E-state index in [9.17, 15) is 0 Å². The first-order chi connectivity index (χ1) is 7.78. The summed E-state index contributed by atoms with van der Waals surface area (Å²) in [4.78, 5) is 2.24. The molecule has 1 aliphatic rings. The molecule has 0 unspecified atom stereocenters. The van der Waals surface area contributed by atoms with Gasteiger partial charge in [-0.15, -0.1) is 15.3 Å². The SMILES string of the molecule is CNC1CN(c2ccc3nnc(C)n3n2)C1. The summed E-state index contributed by atoms with van der Waals surface area (Å²) in [6, 6.07) is 4.53. The Balaban J connectivity index is 1.91. The van der Waals surface area contributed by atoms with Crippen molar-refractivity contribution >= 4 is 11.5 Å². The fraction of sp³-hybridized carbons (Fsp3) is 0.500. The van der Waals surface area contributed by atoms with Crippen LogP contribution in [-0.2, 0) is 0 Å². The van der Waals surface area contributed by atoms with E-state index in [0.717, 1.165) is 30.4 Å². The Kier molecular flexibility index (Phi) is 2.03. The third-order valence-electron chi connectivity index (χ3n) is 3.02. The summed E-state index contributed by atoms with van der Waals surface area (Å²) in [7, 11) is 1.99. The van der Waals surface area contributed by atoms with Crippen LogP contribution in [0.15, 0.2) is 12.1 Å². The molecule has 0 aromatic carbocycles. The first-order valence-electron chi connectivity index (χ1n) is 5.39. The number of aryl methyl sites for hydroxylation is 1. The molecule has 0 bridgehead atoms. The van der Waals surface area contributed by atoms with Gasteiger partial charge < -0.3 is 10.2 Å². The number of hydrogen-bond donors (Lipinski definition) is 1. The van der Waals surface area contributed by atoms with E-state index in [1.165, 1.54) is 0 Å². The van der Waals surface area contributed by atoms with Crippen molar-refractivity contribution in [3.05, 3.63) is 18.0 Å². The minimum atomic E-state index is 0.583. The molecule has 6 heteroatoms. The number of rotatable bonds is 2. The number of aromatic nitrogens is 4. The minimum absolute atomic E-state index is 0.583. The van der Waals surface area contributed by atoms with Crippen LogP contribution in [0.1, 0.15) is 5.82 Å². The summed E-state index contributed by atoms with van der Waals surface area (Å²) < 4.78 is 1.78. The van der Waals surface area contributed by atoms with Gasteiger partial charge in [-0.1, -0.05) is 0 Å². The molecule has 3 heterocycles. The van der Waals surface area contributed by atoms with Crippen molar-refractivity contribution in [2.24, 2.45) is 0 Å². The predicted molar refractivity (Wildman–Crippen MR) is 60.6 cm³/mol. The van der Waals surface area contributed by atoms with E-state index >= 15 is 0 Å². The van der Waals surface area contributed by atoms with Gasteiger partial charge in [-0.05, 0) is 26.1 Å². The second-order valence-corrected chi connectivity index (χ2v) is 4.10. The van der Waals surface area contributed by atoms with Crippen LogP contribution in [0, 0.1) is 6.92 Å². The van der Waals surface area contributed by atoms with Gasteiger partial charge in [0, 0.05) is 19.1 Å². The first kappa shape index (κ1) is 9.53. The molecule has 0 spiro atoms. The van der Waals surface area contributed by atoms with Gasteiger partial charge in [-0.3, -0.25) is 0 Å². The summed E-state index contributed by atoms with van der Waals surface area (Å²) in [6.45, 7) is 3.93.